The Morgan fingerprint density at radius 3 is 2.89 bits per heavy atom. The second-order valence-corrected chi connectivity index (χ2v) is 5.15. The third-order valence-corrected chi connectivity index (χ3v) is 3.59. The summed E-state index contributed by atoms with van der Waals surface area (Å²) in [7, 11) is -2.11. The van der Waals surface area contributed by atoms with E-state index in [2.05, 4.69) is 19.9 Å². The second kappa shape index (κ2) is 5.15. The van der Waals surface area contributed by atoms with E-state index in [-0.39, 0.29) is 11.6 Å². The Kier molecular flexibility index (Phi) is 3.58. The highest BCUT2D eigenvalue weighted by molar-refractivity contribution is 7.89. The highest BCUT2D eigenvalue weighted by atomic mass is 32.2. The van der Waals surface area contributed by atoms with Gasteiger partial charge in [0.25, 0.3) is 10.0 Å². The van der Waals surface area contributed by atoms with Crippen molar-refractivity contribution in [2.45, 2.75) is 11.6 Å². The smallest absolute Gasteiger partial charge is 0.257 e. The predicted molar refractivity (Wildman–Crippen MR) is 63.4 cm³/mol. The minimum Gasteiger partial charge on any atom is -0.481 e. The Labute approximate surface area is 104 Å². The van der Waals surface area contributed by atoms with Crippen molar-refractivity contribution in [2.24, 2.45) is 0 Å². The topological polar surface area (TPSA) is 97.0 Å². The molecule has 0 aromatic carbocycles. The zero-order chi connectivity index (χ0) is 13.0. The van der Waals surface area contributed by atoms with Crippen molar-refractivity contribution >= 4 is 10.0 Å². The number of hydrogen-bond donors (Lipinski definition) is 2. The van der Waals surface area contributed by atoms with E-state index in [0.29, 0.717) is 11.4 Å². The van der Waals surface area contributed by atoms with Crippen LogP contribution in [-0.2, 0) is 16.6 Å². The van der Waals surface area contributed by atoms with Crippen LogP contribution in [0.4, 0.5) is 0 Å². The Hall–Kier alpha value is -1.93. The van der Waals surface area contributed by atoms with Gasteiger partial charge in [0.1, 0.15) is 0 Å². The van der Waals surface area contributed by atoms with E-state index in [4.69, 9.17) is 4.74 Å². The maximum atomic E-state index is 11.8. The number of rotatable bonds is 5. The number of aromatic amines is 1. The van der Waals surface area contributed by atoms with E-state index in [1.54, 1.807) is 18.3 Å². The summed E-state index contributed by atoms with van der Waals surface area (Å²) in [6, 6.07) is 4.83. The summed E-state index contributed by atoms with van der Waals surface area (Å²) >= 11 is 0. The minimum absolute atomic E-state index is 0.0188. The van der Waals surface area contributed by atoms with Crippen molar-refractivity contribution in [3.05, 3.63) is 36.2 Å². The zero-order valence-corrected chi connectivity index (χ0v) is 10.4. The molecule has 96 valence electrons. The molecular weight excluding hydrogens is 256 g/mol. The largest absolute Gasteiger partial charge is 0.481 e. The van der Waals surface area contributed by atoms with E-state index in [9.17, 15) is 8.42 Å². The number of H-pyrrole nitrogens is 1. The molecule has 0 atom stereocenters. The quantitative estimate of drug-likeness (QED) is 0.812. The number of nitrogens with zero attached hydrogens (tertiary/aromatic N) is 2. The Morgan fingerprint density at radius 2 is 2.22 bits per heavy atom. The number of hydrogen-bond acceptors (Lipinski definition) is 5. The number of aromatic nitrogens is 3. The molecule has 2 heterocycles. The van der Waals surface area contributed by atoms with Gasteiger partial charge in [-0.25, -0.2) is 18.1 Å². The molecule has 0 amide bonds. The van der Waals surface area contributed by atoms with Gasteiger partial charge in [0, 0.05) is 18.3 Å². The van der Waals surface area contributed by atoms with E-state index in [1.807, 2.05) is 0 Å². The second-order valence-electron chi connectivity index (χ2n) is 3.42. The molecule has 0 aliphatic heterocycles. The van der Waals surface area contributed by atoms with Crippen LogP contribution < -0.4 is 9.46 Å². The molecule has 2 aromatic rings. The summed E-state index contributed by atoms with van der Waals surface area (Å²) < 4.78 is 31.1. The first kappa shape index (κ1) is 12.5. The van der Waals surface area contributed by atoms with Gasteiger partial charge in [0.05, 0.1) is 13.3 Å². The van der Waals surface area contributed by atoms with Crippen molar-refractivity contribution in [2.75, 3.05) is 7.11 Å². The molecule has 0 fully saturated rings. The van der Waals surface area contributed by atoms with Gasteiger partial charge in [0.15, 0.2) is 5.03 Å². The van der Waals surface area contributed by atoms with Gasteiger partial charge >= 0.3 is 0 Å². The lowest BCUT2D eigenvalue weighted by Gasteiger charge is -2.07. The molecule has 0 bridgehead atoms. The van der Waals surface area contributed by atoms with E-state index in [0.717, 1.165) is 0 Å². The van der Waals surface area contributed by atoms with E-state index < -0.39 is 10.0 Å². The maximum Gasteiger partial charge on any atom is 0.257 e. The van der Waals surface area contributed by atoms with Crippen molar-refractivity contribution < 1.29 is 13.2 Å². The molecule has 2 N–H and O–H groups in total. The van der Waals surface area contributed by atoms with Crippen LogP contribution in [0, 0.1) is 0 Å². The fourth-order valence-electron chi connectivity index (χ4n) is 1.39. The Morgan fingerprint density at radius 1 is 1.39 bits per heavy atom. The van der Waals surface area contributed by atoms with Crippen LogP contribution in [-0.4, -0.2) is 30.7 Å². The fourth-order valence-corrected chi connectivity index (χ4v) is 2.30. The molecule has 0 aliphatic carbocycles. The van der Waals surface area contributed by atoms with Crippen molar-refractivity contribution in [3.63, 3.8) is 0 Å². The third kappa shape index (κ3) is 2.66. The number of ether oxygens (including phenoxy) is 1. The summed E-state index contributed by atoms with van der Waals surface area (Å²) in [6.45, 7) is 0.0956. The average molecular weight is 268 g/mol. The lowest BCUT2D eigenvalue weighted by atomic mass is 10.3. The minimum atomic E-state index is -3.59. The number of sulfonamides is 1. The Balaban J connectivity index is 2.13. The van der Waals surface area contributed by atoms with Crippen LogP contribution >= 0.6 is 0 Å². The average Bonchev–Trinajstić information content (AvgIpc) is 2.91. The number of methoxy groups -OCH3 is 1. The normalized spacial score (nSPS) is 11.4. The van der Waals surface area contributed by atoms with Crippen molar-refractivity contribution in [1.29, 1.82) is 0 Å². The van der Waals surface area contributed by atoms with Crippen LogP contribution in [0.1, 0.15) is 5.56 Å². The Bertz CT molecular complexity index is 610. The van der Waals surface area contributed by atoms with Gasteiger partial charge in [-0.2, -0.15) is 5.10 Å². The molecule has 0 radical (unpaired) electrons. The molecule has 0 saturated carbocycles. The first-order valence-electron chi connectivity index (χ1n) is 5.10. The third-order valence-electron chi connectivity index (χ3n) is 2.26. The van der Waals surface area contributed by atoms with Gasteiger partial charge in [-0.15, -0.1) is 0 Å². The molecule has 7 nitrogen and oxygen atoms in total. The first-order chi connectivity index (χ1) is 8.63. The van der Waals surface area contributed by atoms with Crippen LogP contribution in [0.25, 0.3) is 0 Å². The molecule has 18 heavy (non-hydrogen) atoms. The number of pyridine rings is 1. The van der Waals surface area contributed by atoms with Crippen LogP contribution in [0.3, 0.4) is 0 Å². The molecule has 8 heteroatoms. The lowest BCUT2D eigenvalue weighted by Crippen LogP contribution is -2.24. The van der Waals surface area contributed by atoms with Gasteiger partial charge in [-0.3, -0.25) is 5.10 Å². The molecule has 0 aliphatic rings. The van der Waals surface area contributed by atoms with Crippen LogP contribution in [0.2, 0.25) is 0 Å². The monoisotopic (exact) mass is 268 g/mol. The highest BCUT2D eigenvalue weighted by Crippen LogP contribution is 2.14. The highest BCUT2D eigenvalue weighted by Gasteiger charge is 2.15. The predicted octanol–water partition coefficient (Wildman–Crippen LogP) is 0.292. The van der Waals surface area contributed by atoms with Gasteiger partial charge in [-0.05, 0) is 12.1 Å². The van der Waals surface area contributed by atoms with Crippen LogP contribution in [0.15, 0.2) is 35.6 Å². The summed E-state index contributed by atoms with van der Waals surface area (Å²) in [5, 5.41) is 6.01. The van der Waals surface area contributed by atoms with Crippen LogP contribution in [0.5, 0.6) is 5.88 Å². The van der Waals surface area contributed by atoms with Gasteiger partial charge < -0.3 is 4.74 Å². The molecule has 0 unspecified atom stereocenters. The summed E-state index contributed by atoms with van der Waals surface area (Å²) in [5.74, 6) is 0.393. The molecule has 2 aromatic heterocycles. The van der Waals surface area contributed by atoms with Crippen molar-refractivity contribution in [3.8, 4) is 5.88 Å². The first-order valence-corrected chi connectivity index (χ1v) is 6.59. The molecule has 0 saturated heterocycles. The van der Waals surface area contributed by atoms with E-state index >= 15 is 0 Å². The maximum absolute atomic E-state index is 11.8. The fraction of sp³-hybridized carbons (Fsp3) is 0.200. The molecule has 0 spiro atoms. The van der Waals surface area contributed by atoms with Gasteiger partial charge in [-0.1, -0.05) is 6.07 Å². The lowest BCUT2D eigenvalue weighted by molar-refractivity contribution is 0.392. The standard InChI is InChI=1S/C10H12N4O3S/c1-17-10-8(3-2-5-11-10)7-13-18(15,16)9-4-6-12-14-9/h2-6,13H,7H2,1H3,(H,12,14). The van der Waals surface area contributed by atoms with E-state index in [1.165, 1.54) is 19.4 Å². The zero-order valence-electron chi connectivity index (χ0n) is 9.62. The molecule has 2 rings (SSSR count). The SMILES string of the molecule is COc1ncccc1CNS(=O)(=O)c1ccn[nH]1. The van der Waals surface area contributed by atoms with Crippen molar-refractivity contribution in [1.82, 2.24) is 19.9 Å². The summed E-state index contributed by atoms with van der Waals surface area (Å²) in [6.07, 6.45) is 2.95. The summed E-state index contributed by atoms with van der Waals surface area (Å²) in [4.78, 5) is 3.98. The number of nitrogens with one attached hydrogen (secondary N) is 2. The summed E-state index contributed by atoms with van der Waals surface area (Å²) in [5.41, 5.74) is 0.656. The van der Waals surface area contributed by atoms with Gasteiger partial charge in [0.2, 0.25) is 5.88 Å². The molecular formula is C10H12N4O3S.